The van der Waals surface area contributed by atoms with Gasteiger partial charge < -0.3 is 23.2 Å². The van der Waals surface area contributed by atoms with Crippen molar-refractivity contribution >= 4 is 15.9 Å². The molecule has 0 unspecified atom stereocenters. The molecule has 11 heteroatoms. The second-order valence-electron chi connectivity index (χ2n) is 8.16. The summed E-state index contributed by atoms with van der Waals surface area (Å²) < 4.78 is 54.2. The Morgan fingerprint density at radius 1 is 0.946 bits per heavy atom. The number of benzene rings is 2. The van der Waals surface area contributed by atoms with Crippen molar-refractivity contribution in [2.75, 3.05) is 14.2 Å². The Morgan fingerprint density at radius 2 is 1.65 bits per heavy atom. The van der Waals surface area contributed by atoms with Crippen LogP contribution in [-0.2, 0) is 16.6 Å². The molecule has 0 bridgehead atoms. The molecule has 1 N–H and O–H groups in total. The van der Waals surface area contributed by atoms with Gasteiger partial charge in [0.2, 0.25) is 0 Å². The van der Waals surface area contributed by atoms with Gasteiger partial charge in [0.15, 0.2) is 16.4 Å². The highest BCUT2D eigenvalue weighted by Crippen LogP contribution is 2.34. The Kier molecular flexibility index (Phi) is 7.25. The molecule has 0 atom stereocenters. The molecule has 0 radical (unpaired) electrons. The number of methoxy groups -OCH3 is 2. The van der Waals surface area contributed by atoms with Crippen LogP contribution in [0.1, 0.15) is 33.3 Å². The summed E-state index contributed by atoms with van der Waals surface area (Å²) in [6, 6.07) is 14.5. The van der Waals surface area contributed by atoms with Gasteiger partial charge >= 0.3 is 5.91 Å². The number of nitrogens with one attached hydrogen (secondary N) is 1. The first-order valence-corrected chi connectivity index (χ1v) is 12.7. The Balaban J connectivity index is 1.43. The number of sulfonamides is 1. The molecule has 0 saturated heterocycles. The fourth-order valence-corrected chi connectivity index (χ4v) is 5.07. The van der Waals surface area contributed by atoms with E-state index >= 15 is 0 Å². The molecule has 2 aromatic carbocycles. The summed E-state index contributed by atoms with van der Waals surface area (Å²) in [5.74, 6) is 1.43. The molecule has 0 aliphatic heterocycles. The minimum atomic E-state index is -4.18. The summed E-state index contributed by atoms with van der Waals surface area (Å²) in [4.78, 5) is 12.4. The predicted molar refractivity (Wildman–Crippen MR) is 133 cm³/mol. The van der Waals surface area contributed by atoms with Crippen molar-refractivity contribution in [2.45, 2.75) is 32.3 Å². The number of carbonyl (C=O) groups is 1. The van der Waals surface area contributed by atoms with E-state index < -0.39 is 15.9 Å². The fourth-order valence-electron chi connectivity index (χ4n) is 3.79. The van der Waals surface area contributed by atoms with Gasteiger partial charge in [-0.25, -0.2) is 13.1 Å². The Bertz CT molecular complexity index is 1520. The smallest absolute Gasteiger partial charge is 0.300 e. The van der Waals surface area contributed by atoms with Crippen LogP contribution in [0.4, 0.5) is 0 Å². The summed E-state index contributed by atoms with van der Waals surface area (Å²) in [6.45, 7) is 4.70. The second kappa shape index (κ2) is 10.4. The molecule has 0 spiro atoms. The van der Waals surface area contributed by atoms with E-state index in [0.717, 1.165) is 11.1 Å². The van der Waals surface area contributed by atoms with Crippen LogP contribution < -0.4 is 18.9 Å². The third kappa shape index (κ3) is 5.46. The molecule has 1 amide bonds. The highest BCUT2D eigenvalue weighted by Gasteiger charge is 2.28. The van der Waals surface area contributed by atoms with Crippen LogP contribution in [0.2, 0.25) is 0 Å². The van der Waals surface area contributed by atoms with Crippen LogP contribution in [0.3, 0.4) is 0 Å². The fraction of sp³-hybridized carbons (Fsp3) is 0.231. The molecule has 4 aromatic rings. The Morgan fingerprint density at radius 3 is 2.27 bits per heavy atom. The largest absolute Gasteiger partial charge is 0.497 e. The zero-order valence-electron chi connectivity index (χ0n) is 20.9. The number of aryl methyl sites for hydroxylation is 3. The molecule has 2 aromatic heterocycles. The molecular formula is C26H26N2O8S. The van der Waals surface area contributed by atoms with Crippen LogP contribution in [0.25, 0.3) is 11.1 Å². The Hall–Kier alpha value is -4.25. The normalized spacial score (nSPS) is 11.3. The van der Waals surface area contributed by atoms with E-state index in [0.29, 0.717) is 28.6 Å². The molecule has 2 heterocycles. The summed E-state index contributed by atoms with van der Waals surface area (Å²) in [7, 11) is -0.985. The third-order valence-corrected chi connectivity index (χ3v) is 7.25. The van der Waals surface area contributed by atoms with Crippen molar-refractivity contribution in [3.8, 4) is 28.4 Å². The van der Waals surface area contributed by atoms with Gasteiger partial charge in [0.1, 0.15) is 35.3 Å². The van der Waals surface area contributed by atoms with E-state index in [1.807, 2.05) is 47.2 Å². The van der Waals surface area contributed by atoms with Crippen molar-refractivity contribution in [3.05, 3.63) is 77.1 Å². The van der Waals surface area contributed by atoms with E-state index in [2.05, 4.69) is 5.16 Å². The number of amides is 1. The predicted octanol–water partition coefficient (Wildman–Crippen LogP) is 4.57. The zero-order chi connectivity index (χ0) is 26.7. The maximum atomic E-state index is 12.6. The molecule has 37 heavy (non-hydrogen) atoms. The van der Waals surface area contributed by atoms with Gasteiger partial charge in [0, 0.05) is 17.2 Å². The van der Waals surface area contributed by atoms with Crippen LogP contribution in [-0.4, -0.2) is 33.7 Å². The number of nitrogens with zero attached hydrogens (tertiary/aromatic N) is 1. The van der Waals surface area contributed by atoms with E-state index in [9.17, 15) is 13.2 Å². The topological polar surface area (TPSA) is 130 Å². The lowest BCUT2D eigenvalue weighted by Crippen LogP contribution is -2.31. The van der Waals surface area contributed by atoms with Gasteiger partial charge in [0.25, 0.3) is 10.0 Å². The van der Waals surface area contributed by atoms with Gasteiger partial charge in [-0.2, -0.15) is 0 Å². The SMILES string of the molecule is COc1ccc(-c2ccc(OCc3cc(C(=O)NS(=O)(=O)c4c(C)noc4C)oc3C)cc2)c(OC)c1. The average molecular weight is 527 g/mol. The van der Waals surface area contributed by atoms with Gasteiger partial charge in [-0.1, -0.05) is 17.3 Å². The van der Waals surface area contributed by atoms with Crippen molar-refractivity contribution in [1.82, 2.24) is 9.88 Å². The first kappa shape index (κ1) is 25.8. The summed E-state index contributed by atoms with van der Waals surface area (Å²) in [5.41, 5.74) is 2.59. The number of hydrogen-bond acceptors (Lipinski definition) is 9. The van der Waals surface area contributed by atoms with Crippen molar-refractivity contribution in [1.29, 1.82) is 0 Å². The zero-order valence-corrected chi connectivity index (χ0v) is 21.8. The number of hydrogen-bond donors (Lipinski definition) is 1. The molecule has 0 aliphatic carbocycles. The van der Waals surface area contributed by atoms with Crippen LogP contribution in [0, 0.1) is 20.8 Å². The maximum Gasteiger partial charge on any atom is 0.300 e. The quantitative estimate of drug-likeness (QED) is 0.333. The molecule has 4 rings (SSSR count). The average Bonchev–Trinajstić information content (AvgIpc) is 3.43. The van der Waals surface area contributed by atoms with Crippen molar-refractivity contribution in [3.63, 3.8) is 0 Å². The highest BCUT2D eigenvalue weighted by molar-refractivity contribution is 7.90. The van der Waals surface area contributed by atoms with Gasteiger partial charge in [-0.3, -0.25) is 4.79 Å². The minimum absolute atomic E-state index is 0.0824. The Labute approximate surface area is 214 Å². The lowest BCUT2D eigenvalue weighted by molar-refractivity contribution is 0.0953. The highest BCUT2D eigenvalue weighted by atomic mass is 32.2. The molecule has 10 nitrogen and oxygen atoms in total. The first-order chi connectivity index (χ1) is 17.6. The summed E-state index contributed by atoms with van der Waals surface area (Å²) in [6.07, 6.45) is 0. The van der Waals surface area contributed by atoms with Crippen LogP contribution >= 0.6 is 0 Å². The number of furan rings is 1. The van der Waals surface area contributed by atoms with Crippen LogP contribution in [0.15, 0.2) is 62.4 Å². The number of rotatable bonds is 9. The van der Waals surface area contributed by atoms with E-state index in [4.69, 9.17) is 23.2 Å². The van der Waals surface area contributed by atoms with E-state index in [1.165, 1.54) is 19.9 Å². The van der Waals surface area contributed by atoms with Gasteiger partial charge in [0.05, 0.1) is 14.2 Å². The lowest BCUT2D eigenvalue weighted by Gasteiger charge is -2.11. The standard InChI is InChI=1S/C26H26N2O8S/c1-15-25(17(3)36-27-15)37(30,31)28-26(29)24-12-19(16(2)35-24)14-34-20-8-6-18(7-9-20)22-11-10-21(32-4)13-23(22)33-5/h6-13H,14H2,1-5H3,(H,28,29). The van der Waals surface area contributed by atoms with Crippen LogP contribution in [0.5, 0.6) is 17.2 Å². The van der Waals surface area contributed by atoms with E-state index in [1.54, 1.807) is 21.1 Å². The number of carbonyl (C=O) groups excluding carboxylic acids is 1. The second-order valence-corrected chi connectivity index (χ2v) is 9.78. The number of aromatic nitrogens is 1. The third-order valence-electron chi connectivity index (χ3n) is 5.68. The molecule has 0 fully saturated rings. The monoisotopic (exact) mass is 526 g/mol. The maximum absolute atomic E-state index is 12.6. The van der Waals surface area contributed by atoms with Gasteiger partial charge in [-0.15, -0.1) is 0 Å². The van der Waals surface area contributed by atoms with Gasteiger partial charge in [-0.05, 0) is 56.7 Å². The van der Waals surface area contributed by atoms with Crippen molar-refractivity contribution in [2.24, 2.45) is 0 Å². The molecule has 0 saturated carbocycles. The summed E-state index contributed by atoms with van der Waals surface area (Å²) >= 11 is 0. The van der Waals surface area contributed by atoms with Crippen molar-refractivity contribution < 1.29 is 36.4 Å². The molecule has 0 aliphatic rings. The first-order valence-electron chi connectivity index (χ1n) is 11.2. The number of ether oxygens (including phenoxy) is 3. The molecule has 194 valence electrons. The lowest BCUT2D eigenvalue weighted by atomic mass is 10.0. The van der Waals surface area contributed by atoms with E-state index in [-0.39, 0.29) is 28.7 Å². The molecular weight excluding hydrogens is 500 g/mol. The minimum Gasteiger partial charge on any atom is -0.497 e. The summed E-state index contributed by atoms with van der Waals surface area (Å²) in [5, 5.41) is 3.62.